The number of hydrogen-bond acceptors (Lipinski definition) is 3. The molecular formula is C14H18F3N3O. The first-order valence-corrected chi connectivity index (χ1v) is 6.73. The second-order valence-corrected chi connectivity index (χ2v) is 5.28. The van der Waals surface area contributed by atoms with Crippen LogP contribution in [0.15, 0.2) is 24.3 Å². The highest BCUT2D eigenvalue weighted by Crippen LogP contribution is 2.19. The van der Waals surface area contributed by atoms with E-state index >= 15 is 0 Å². The number of hydrogen-bond donors (Lipinski definition) is 2. The molecule has 1 aliphatic rings. The number of carbonyl (C=O) groups excluding carboxylic acids is 1. The lowest BCUT2D eigenvalue weighted by atomic mass is 10.1. The Hall–Kier alpha value is -1.60. The summed E-state index contributed by atoms with van der Waals surface area (Å²) in [6, 6.07) is 6.83. The van der Waals surface area contributed by atoms with E-state index in [2.05, 4.69) is 17.3 Å². The summed E-state index contributed by atoms with van der Waals surface area (Å²) in [5.74, 6) is -1.95. The lowest BCUT2D eigenvalue weighted by Crippen LogP contribution is -2.31. The van der Waals surface area contributed by atoms with Crippen LogP contribution in [0, 0.1) is 0 Å². The van der Waals surface area contributed by atoms with Gasteiger partial charge in [0.1, 0.15) is 0 Å². The van der Waals surface area contributed by atoms with Crippen molar-refractivity contribution < 1.29 is 18.0 Å². The van der Waals surface area contributed by atoms with E-state index in [1.54, 1.807) is 12.1 Å². The lowest BCUT2D eigenvalue weighted by Gasteiger charge is -2.14. The molecule has 7 heteroatoms. The number of alkyl halides is 3. The summed E-state index contributed by atoms with van der Waals surface area (Å²) < 4.78 is 36.6. The summed E-state index contributed by atoms with van der Waals surface area (Å²) in [5.41, 5.74) is 0.990. The topological polar surface area (TPSA) is 44.4 Å². The lowest BCUT2D eigenvalue weighted by molar-refractivity contribution is -0.167. The minimum Gasteiger partial charge on any atom is -0.318 e. The van der Waals surface area contributed by atoms with Crippen molar-refractivity contribution in [1.82, 2.24) is 10.2 Å². The standard InChI is InChI=1S/C14H18F3N3O/c1-20-6-5-12(9-20)18-8-10-3-2-4-11(7-10)19-13(21)14(15,16)17/h2-4,7,12,18H,5-6,8-9H2,1H3,(H,19,21). The van der Waals surface area contributed by atoms with Crippen LogP contribution in [0.3, 0.4) is 0 Å². The van der Waals surface area contributed by atoms with Crippen LogP contribution in [0.4, 0.5) is 18.9 Å². The first kappa shape index (κ1) is 15.8. The molecule has 116 valence electrons. The largest absolute Gasteiger partial charge is 0.471 e. The number of benzene rings is 1. The van der Waals surface area contributed by atoms with Crippen molar-refractivity contribution >= 4 is 11.6 Å². The fraction of sp³-hybridized carbons (Fsp3) is 0.500. The molecule has 4 nitrogen and oxygen atoms in total. The first-order chi connectivity index (χ1) is 9.84. The Kier molecular flexibility index (Phi) is 4.84. The second kappa shape index (κ2) is 6.44. The van der Waals surface area contributed by atoms with Crippen molar-refractivity contribution in [3.63, 3.8) is 0 Å². The number of nitrogens with zero attached hydrogens (tertiary/aromatic N) is 1. The fourth-order valence-electron chi connectivity index (χ4n) is 2.32. The van der Waals surface area contributed by atoms with Crippen LogP contribution >= 0.6 is 0 Å². The SMILES string of the molecule is CN1CCC(NCc2cccc(NC(=O)C(F)(F)F)c2)C1. The molecule has 0 radical (unpaired) electrons. The summed E-state index contributed by atoms with van der Waals surface area (Å²) in [6.07, 6.45) is -3.82. The number of likely N-dealkylation sites (N-methyl/N-ethyl adjacent to an activating group) is 1. The molecule has 0 bridgehead atoms. The molecule has 1 aromatic rings. The van der Waals surface area contributed by atoms with Gasteiger partial charge in [0.25, 0.3) is 0 Å². The number of halogens is 3. The van der Waals surface area contributed by atoms with E-state index in [-0.39, 0.29) is 5.69 Å². The van der Waals surface area contributed by atoms with E-state index in [4.69, 9.17) is 0 Å². The van der Waals surface area contributed by atoms with Crippen LogP contribution in [-0.4, -0.2) is 43.2 Å². The molecule has 0 aromatic heterocycles. The van der Waals surface area contributed by atoms with E-state index in [0.29, 0.717) is 12.6 Å². The summed E-state index contributed by atoms with van der Waals surface area (Å²) >= 11 is 0. The summed E-state index contributed by atoms with van der Waals surface area (Å²) in [4.78, 5) is 13.1. The molecule has 2 N–H and O–H groups in total. The highest BCUT2D eigenvalue weighted by Gasteiger charge is 2.38. The molecule has 1 atom stereocenters. The molecule has 1 unspecified atom stereocenters. The van der Waals surface area contributed by atoms with Gasteiger partial charge in [0.15, 0.2) is 0 Å². The summed E-state index contributed by atoms with van der Waals surface area (Å²) in [6.45, 7) is 2.57. The monoisotopic (exact) mass is 301 g/mol. The van der Waals surface area contributed by atoms with Gasteiger partial charge >= 0.3 is 12.1 Å². The molecule has 1 heterocycles. The van der Waals surface area contributed by atoms with Crippen LogP contribution in [-0.2, 0) is 11.3 Å². The van der Waals surface area contributed by atoms with Crippen molar-refractivity contribution in [1.29, 1.82) is 0 Å². The van der Waals surface area contributed by atoms with Gasteiger partial charge in [-0.25, -0.2) is 0 Å². The zero-order chi connectivity index (χ0) is 15.5. The van der Waals surface area contributed by atoms with Gasteiger partial charge in [0, 0.05) is 24.8 Å². The Labute approximate surface area is 121 Å². The average Bonchev–Trinajstić information content (AvgIpc) is 2.82. The van der Waals surface area contributed by atoms with Gasteiger partial charge in [-0.05, 0) is 37.7 Å². The predicted octanol–water partition coefficient (Wildman–Crippen LogP) is 1.98. The molecule has 21 heavy (non-hydrogen) atoms. The Morgan fingerprint density at radius 3 is 2.81 bits per heavy atom. The van der Waals surface area contributed by atoms with Gasteiger partial charge in [-0.2, -0.15) is 13.2 Å². The Bertz CT molecular complexity index is 504. The Balaban J connectivity index is 1.90. The number of carbonyl (C=O) groups is 1. The molecule has 1 aliphatic heterocycles. The average molecular weight is 301 g/mol. The van der Waals surface area contributed by atoms with E-state index in [1.807, 2.05) is 11.4 Å². The van der Waals surface area contributed by atoms with Crippen molar-refractivity contribution in [2.45, 2.75) is 25.2 Å². The van der Waals surface area contributed by atoms with E-state index in [0.717, 1.165) is 25.1 Å². The minimum absolute atomic E-state index is 0.153. The zero-order valence-corrected chi connectivity index (χ0v) is 11.7. The maximum atomic E-state index is 12.2. The predicted molar refractivity (Wildman–Crippen MR) is 73.9 cm³/mol. The molecule has 1 amide bonds. The highest BCUT2D eigenvalue weighted by atomic mass is 19.4. The number of likely N-dealkylation sites (tertiary alicyclic amines) is 1. The molecule has 0 saturated carbocycles. The third-order valence-electron chi connectivity index (χ3n) is 3.43. The Morgan fingerprint density at radius 2 is 2.19 bits per heavy atom. The Morgan fingerprint density at radius 1 is 1.43 bits per heavy atom. The van der Waals surface area contributed by atoms with E-state index < -0.39 is 12.1 Å². The number of amides is 1. The zero-order valence-electron chi connectivity index (χ0n) is 11.7. The van der Waals surface area contributed by atoms with Gasteiger partial charge in [-0.3, -0.25) is 4.79 Å². The number of rotatable bonds is 4. The van der Waals surface area contributed by atoms with Crippen molar-refractivity contribution in [3.8, 4) is 0 Å². The fourth-order valence-corrected chi connectivity index (χ4v) is 2.32. The van der Waals surface area contributed by atoms with Crippen LogP contribution in [0.1, 0.15) is 12.0 Å². The van der Waals surface area contributed by atoms with E-state index in [9.17, 15) is 18.0 Å². The van der Waals surface area contributed by atoms with Crippen LogP contribution in [0.2, 0.25) is 0 Å². The normalized spacial score (nSPS) is 19.7. The van der Waals surface area contributed by atoms with Gasteiger partial charge in [0.2, 0.25) is 0 Å². The number of anilines is 1. The smallest absolute Gasteiger partial charge is 0.318 e. The molecule has 0 aliphatic carbocycles. The molecular weight excluding hydrogens is 283 g/mol. The molecule has 0 spiro atoms. The maximum Gasteiger partial charge on any atom is 0.471 e. The minimum atomic E-state index is -4.87. The molecule has 1 saturated heterocycles. The first-order valence-electron chi connectivity index (χ1n) is 6.73. The third-order valence-corrected chi connectivity index (χ3v) is 3.43. The van der Waals surface area contributed by atoms with Gasteiger partial charge in [0.05, 0.1) is 0 Å². The quantitative estimate of drug-likeness (QED) is 0.894. The maximum absolute atomic E-state index is 12.2. The molecule has 2 rings (SSSR count). The number of nitrogens with one attached hydrogen (secondary N) is 2. The van der Waals surface area contributed by atoms with Crippen molar-refractivity contribution in [3.05, 3.63) is 29.8 Å². The third kappa shape index (κ3) is 4.71. The molecule has 1 fully saturated rings. The van der Waals surface area contributed by atoms with Crippen LogP contribution < -0.4 is 10.6 Å². The summed E-state index contributed by atoms with van der Waals surface area (Å²) in [7, 11) is 2.05. The van der Waals surface area contributed by atoms with Crippen LogP contribution in [0.25, 0.3) is 0 Å². The van der Waals surface area contributed by atoms with E-state index in [1.165, 1.54) is 6.07 Å². The van der Waals surface area contributed by atoms with Crippen molar-refractivity contribution in [2.75, 3.05) is 25.5 Å². The summed E-state index contributed by atoms with van der Waals surface area (Å²) in [5, 5.41) is 5.22. The second-order valence-electron chi connectivity index (χ2n) is 5.28. The van der Waals surface area contributed by atoms with Crippen molar-refractivity contribution in [2.24, 2.45) is 0 Å². The van der Waals surface area contributed by atoms with Gasteiger partial charge in [-0.1, -0.05) is 12.1 Å². The van der Waals surface area contributed by atoms with Gasteiger partial charge in [-0.15, -0.1) is 0 Å². The van der Waals surface area contributed by atoms with Crippen LogP contribution in [0.5, 0.6) is 0 Å². The molecule has 1 aromatic carbocycles. The van der Waals surface area contributed by atoms with Gasteiger partial charge < -0.3 is 15.5 Å². The highest BCUT2D eigenvalue weighted by molar-refractivity contribution is 5.94.